The van der Waals surface area contributed by atoms with Crippen LogP contribution in [-0.2, 0) is 37.3 Å². The largest absolute Gasteiger partial charge is 0.344 e. The third-order valence-corrected chi connectivity index (χ3v) is 8.47. The van der Waals surface area contributed by atoms with E-state index in [0.717, 1.165) is 34.0 Å². The molecule has 3 amide bonds. The van der Waals surface area contributed by atoms with Crippen LogP contribution in [0, 0.1) is 17.8 Å². The van der Waals surface area contributed by atoms with E-state index in [0.29, 0.717) is 6.42 Å². The third kappa shape index (κ3) is 9.21. The Morgan fingerprint density at radius 3 is 1.98 bits per heavy atom. The number of anilines is 1. The molecule has 0 heterocycles. The molecule has 0 spiro atoms. The van der Waals surface area contributed by atoms with Gasteiger partial charge in [0.25, 0.3) is 10.1 Å². The molecule has 45 heavy (non-hydrogen) atoms. The number of benzene rings is 4. The number of amides is 3. The fraction of sp³-hybridized carbons (Fsp3) is 0.265. The molecule has 4 aromatic rings. The van der Waals surface area contributed by atoms with Crippen molar-refractivity contribution >= 4 is 44.3 Å². The van der Waals surface area contributed by atoms with Gasteiger partial charge in [-0.05, 0) is 64.9 Å². The van der Waals surface area contributed by atoms with Crippen molar-refractivity contribution in [3.05, 3.63) is 108 Å². The lowest BCUT2D eigenvalue weighted by Gasteiger charge is -2.28. The van der Waals surface area contributed by atoms with E-state index in [4.69, 9.17) is 0 Å². The Balaban J connectivity index is 1.62. The molecule has 4 rings (SSSR count). The van der Waals surface area contributed by atoms with Crippen LogP contribution >= 0.6 is 0 Å². The molecule has 236 valence electrons. The molecule has 0 saturated heterocycles. The van der Waals surface area contributed by atoms with Crippen LogP contribution in [0.3, 0.4) is 0 Å². The first-order valence-electron chi connectivity index (χ1n) is 14.6. The lowest BCUT2D eigenvalue weighted by Crippen LogP contribution is -2.50. The van der Waals surface area contributed by atoms with Gasteiger partial charge in [-0.15, -0.1) is 0 Å². The summed E-state index contributed by atoms with van der Waals surface area (Å²) in [7, 11) is -4.41. The Hall–Kier alpha value is -4.58. The van der Waals surface area contributed by atoms with Gasteiger partial charge in [0, 0.05) is 12.1 Å². The quantitative estimate of drug-likeness (QED) is 0.0806. The molecule has 0 bridgehead atoms. The van der Waals surface area contributed by atoms with E-state index in [1.54, 1.807) is 5.48 Å². The van der Waals surface area contributed by atoms with Crippen molar-refractivity contribution in [2.45, 2.75) is 44.0 Å². The van der Waals surface area contributed by atoms with Crippen molar-refractivity contribution < 1.29 is 32.6 Å². The van der Waals surface area contributed by atoms with Gasteiger partial charge in [-0.3, -0.25) is 24.1 Å². The molecule has 10 nitrogen and oxygen atoms in total. The highest BCUT2D eigenvalue weighted by Crippen LogP contribution is 2.27. The van der Waals surface area contributed by atoms with E-state index in [1.807, 2.05) is 86.6 Å². The molecule has 0 fully saturated rings. The highest BCUT2D eigenvalue weighted by Gasteiger charge is 2.36. The number of hydrogen-bond donors (Lipinski definition) is 5. The summed E-state index contributed by atoms with van der Waals surface area (Å²) >= 11 is 0. The van der Waals surface area contributed by atoms with E-state index in [1.165, 1.54) is 12.1 Å². The number of carbonyl (C=O) groups is 3. The number of fused-ring (bicyclic) bond motifs is 1. The minimum atomic E-state index is -4.41. The minimum absolute atomic E-state index is 0.00839. The first-order valence-corrected chi connectivity index (χ1v) is 16.0. The highest BCUT2D eigenvalue weighted by atomic mass is 32.2. The van der Waals surface area contributed by atoms with Crippen LogP contribution in [0.25, 0.3) is 10.8 Å². The van der Waals surface area contributed by atoms with Gasteiger partial charge >= 0.3 is 0 Å². The van der Waals surface area contributed by atoms with Crippen LogP contribution < -0.4 is 16.1 Å². The molecule has 3 atom stereocenters. The van der Waals surface area contributed by atoms with Crippen LogP contribution in [-0.4, -0.2) is 41.9 Å². The van der Waals surface area contributed by atoms with Crippen molar-refractivity contribution in [1.82, 2.24) is 10.8 Å². The molecule has 4 aromatic carbocycles. The van der Waals surface area contributed by atoms with Gasteiger partial charge in [0.05, 0.1) is 16.7 Å². The summed E-state index contributed by atoms with van der Waals surface area (Å²) in [5, 5.41) is 17.2. The average Bonchev–Trinajstić information content (AvgIpc) is 3.02. The van der Waals surface area contributed by atoms with E-state index in [2.05, 4.69) is 10.6 Å². The van der Waals surface area contributed by atoms with Crippen molar-refractivity contribution in [2.24, 2.45) is 17.8 Å². The molecule has 0 radical (unpaired) electrons. The summed E-state index contributed by atoms with van der Waals surface area (Å²) in [6.07, 6.45) is 0.628. The Morgan fingerprint density at radius 2 is 1.36 bits per heavy atom. The highest BCUT2D eigenvalue weighted by molar-refractivity contribution is 7.85. The fourth-order valence-corrected chi connectivity index (χ4v) is 5.84. The molecule has 5 N–H and O–H groups in total. The van der Waals surface area contributed by atoms with Gasteiger partial charge < -0.3 is 10.6 Å². The van der Waals surface area contributed by atoms with Gasteiger partial charge in [0.1, 0.15) is 6.04 Å². The zero-order chi connectivity index (χ0) is 32.6. The summed E-state index contributed by atoms with van der Waals surface area (Å²) in [6.45, 7) is 3.85. The lowest BCUT2D eigenvalue weighted by atomic mass is 9.80. The molecular weight excluding hydrogens is 594 g/mol. The SMILES string of the molecule is CC(C)CC(C(=O)NC(Cc1ccccc1)C(=O)Nc1ccc(S(=O)(=O)O)cc1)C(Cc1ccc2ccccc2c1)C(=O)NO. The van der Waals surface area contributed by atoms with Crippen molar-refractivity contribution in [3.8, 4) is 0 Å². The second kappa shape index (κ2) is 14.9. The maximum absolute atomic E-state index is 14.0. The molecule has 0 aromatic heterocycles. The Labute approximate surface area is 262 Å². The fourth-order valence-electron chi connectivity index (χ4n) is 5.36. The van der Waals surface area contributed by atoms with Crippen molar-refractivity contribution in [1.29, 1.82) is 0 Å². The molecule has 0 aliphatic heterocycles. The molecule has 0 aliphatic rings. The molecule has 11 heteroatoms. The summed E-state index contributed by atoms with van der Waals surface area (Å²) in [5.74, 6) is -3.60. The normalized spacial score (nSPS) is 13.5. The third-order valence-electron chi connectivity index (χ3n) is 7.60. The van der Waals surface area contributed by atoms with E-state index in [-0.39, 0.29) is 29.3 Å². The van der Waals surface area contributed by atoms with Gasteiger partial charge in [0.2, 0.25) is 17.7 Å². The average molecular weight is 632 g/mol. The second-order valence-corrected chi connectivity index (χ2v) is 12.9. The Morgan fingerprint density at radius 1 is 0.711 bits per heavy atom. The monoisotopic (exact) mass is 631 g/mol. The number of nitrogens with one attached hydrogen (secondary N) is 3. The number of hydroxylamine groups is 1. The minimum Gasteiger partial charge on any atom is -0.344 e. The van der Waals surface area contributed by atoms with Crippen molar-refractivity contribution in [2.75, 3.05) is 5.32 Å². The van der Waals surface area contributed by atoms with Crippen LogP contribution in [0.4, 0.5) is 5.69 Å². The number of hydrogen-bond acceptors (Lipinski definition) is 6. The summed E-state index contributed by atoms with van der Waals surface area (Å²) in [5.41, 5.74) is 3.59. The lowest BCUT2D eigenvalue weighted by molar-refractivity contribution is -0.141. The van der Waals surface area contributed by atoms with E-state index >= 15 is 0 Å². The maximum Gasteiger partial charge on any atom is 0.294 e. The smallest absolute Gasteiger partial charge is 0.294 e. The molecule has 0 saturated carbocycles. The zero-order valence-corrected chi connectivity index (χ0v) is 25.8. The second-order valence-electron chi connectivity index (χ2n) is 11.4. The standard InChI is InChI=1S/C34H37N3O7S/c1-22(2)18-29(30(33(39)37-41)20-24-12-13-25-10-6-7-11-26(25)19-24)32(38)36-31(21-23-8-4-3-5-9-23)34(40)35-27-14-16-28(17-15-27)45(42,43)44/h3-17,19,22,29-31,41H,18,20-21H2,1-2H3,(H,35,40)(H,36,38)(H,37,39)(H,42,43,44). The number of rotatable bonds is 13. The first-order chi connectivity index (χ1) is 21.4. The number of carbonyl (C=O) groups excluding carboxylic acids is 3. The molecule has 3 unspecified atom stereocenters. The van der Waals surface area contributed by atoms with Gasteiger partial charge in [-0.1, -0.05) is 86.6 Å². The van der Waals surface area contributed by atoms with Crippen LogP contribution in [0.15, 0.2) is 102 Å². The zero-order valence-electron chi connectivity index (χ0n) is 25.0. The first kappa shape index (κ1) is 33.3. The molecule has 0 aliphatic carbocycles. The van der Waals surface area contributed by atoms with Crippen molar-refractivity contribution in [3.63, 3.8) is 0 Å². The van der Waals surface area contributed by atoms with Gasteiger partial charge in [0.15, 0.2) is 0 Å². The van der Waals surface area contributed by atoms with Gasteiger partial charge in [-0.25, -0.2) is 5.48 Å². The van der Waals surface area contributed by atoms with Crippen LogP contribution in [0.5, 0.6) is 0 Å². The van der Waals surface area contributed by atoms with Crippen LogP contribution in [0.2, 0.25) is 0 Å². The predicted molar refractivity (Wildman–Crippen MR) is 171 cm³/mol. The summed E-state index contributed by atoms with van der Waals surface area (Å²) < 4.78 is 32.1. The maximum atomic E-state index is 14.0. The molecular formula is C34H37N3O7S. The summed E-state index contributed by atoms with van der Waals surface area (Å²) in [4.78, 5) is 40.3. The Kier molecular flexibility index (Phi) is 11.1. The predicted octanol–water partition coefficient (Wildman–Crippen LogP) is 4.78. The van der Waals surface area contributed by atoms with E-state index < -0.39 is 45.7 Å². The van der Waals surface area contributed by atoms with E-state index in [9.17, 15) is 32.6 Å². The topological polar surface area (TPSA) is 162 Å². The van der Waals surface area contributed by atoms with Gasteiger partial charge in [-0.2, -0.15) is 8.42 Å². The Bertz CT molecular complexity index is 1740. The summed E-state index contributed by atoms with van der Waals surface area (Å²) in [6, 6.07) is 26.6. The van der Waals surface area contributed by atoms with Crippen LogP contribution in [0.1, 0.15) is 31.4 Å².